The fourth-order valence-electron chi connectivity index (χ4n) is 7.19. The third kappa shape index (κ3) is 7.04. The molecule has 1 N–H and O–H groups in total. The molecule has 0 amide bonds. The van der Waals surface area contributed by atoms with Gasteiger partial charge in [0.1, 0.15) is 35.4 Å². The molecule has 3 aliphatic rings. The van der Waals surface area contributed by atoms with E-state index in [9.17, 15) is 4.39 Å². The second-order valence-electron chi connectivity index (χ2n) is 13.4. The Morgan fingerprint density at radius 2 is 1.63 bits per heavy atom. The highest BCUT2D eigenvalue weighted by Gasteiger charge is 2.38. The Kier molecular flexibility index (Phi) is 8.74. The van der Waals surface area contributed by atoms with Crippen molar-refractivity contribution >= 4 is 0 Å². The van der Waals surface area contributed by atoms with E-state index in [1.165, 1.54) is 38.8 Å². The van der Waals surface area contributed by atoms with E-state index in [-0.39, 0.29) is 24.0 Å². The van der Waals surface area contributed by atoms with Gasteiger partial charge >= 0.3 is 0 Å². The Labute approximate surface area is 253 Å². The van der Waals surface area contributed by atoms with Gasteiger partial charge in [-0.05, 0) is 93.0 Å². The van der Waals surface area contributed by atoms with E-state index in [1.54, 1.807) is 0 Å². The van der Waals surface area contributed by atoms with Crippen LogP contribution >= 0.6 is 0 Å². The smallest absolute Gasteiger partial charge is 0.134 e. The largest absolute Gasteiger partial charge is 0.490 e. The minimum atomic E-state index is -1.53. The van der Waals surface area contributed by atoms with Gasteiger partial charge in [-0.25, -0.2) is 13.2 Å². The summed E-state index contributed by atoms with van der Waals surface area (Å²) in [5.74, 6) is -0.403. The van der Waals surface area contributed by atoms with Gasteiger partial charge < -0.3 is 14.8 Å². The molecule has 1 saturated heterocycles. The number of nitrogens with one attached hydrogen (secondary N) is 1. The zero-order chi connectivity index (χ0) is 30.0. The number of halogens is 3. The number of alkyl halides is 1. The van der Waals surface area contributed by atoms with Crippen molar-refractivity contribution in [3.63, 3.8) is 0 Å². The van der Waals surface area contributed by atoms with E-state index in [1.807, 2.05) is 53.4 Å². The van der Waals surface area contributed by atoms with Gasteiger partial charge in [0.05, 0.1) is 12.1 Å². The van der Waals surface area contributed by atoms with Crippen molar-refractivity contribution in [2.24, 2.45) is 5.41 Å². The van der Waals surface area contributed by atoms with Crippen LogP contribution in [0.4, 0.5) is 13.2 Å². The summed E-state index contributed by atoms with van der Waals surface area (Å²) < 4.78 is 59.1. The maximum Gasteiger partial charge on any atom is 0.134 e. The number of benzene rings is 3. The zero-order valence-corrected chi connectivity index (χ0v) is 25.3. The summed E-state index contributed by atoms with van der Waals surface area (Å²) in [5.41, 5.74) is 1.63. The van der Waals surface area contributed by atoms with Gasteiger partial charge in [-0.1, -0.05) is 36.4 Å². The van der Waals surface area contributed by atoms with Crippen molar-refractivity contribution in [2.45, 2.75) is 83.2 Å². The van der Waals surface area contributed by atoms with Crippen LogP contribution < -0.4 is 14.8 Å². The highest BCUT2D eigenvalue weighted by Crippen LogP contribution is 2.42. The van der Waals surface area contributed by atoms with Crippen molar-refractivity contribution in [2.75, 3.05) is 26.2 Å². The molecule has 3 aromatic carbocycles. The number of hydrogen-bond donors (Lipinski definition) is 1. The topological polar surface area (TPSA) is 33.7 Å². The fourth-order valence-corrected chi connectivity index (χ4v) is 7.19. The van der Waals surface area contributed by atoms with Crippen LogP contribution in [0.2, 0.25) is 0 Å². The SMILES string of the molecule is CC(C)(F)CN1CCc2cc(OCc3ccccc3)ccc2C1c1c(F)cc(OC2CCCC3(CCC2)CNC3)cc1F. The molecule has 1 saturated carbocycles. The highest BCUT2D eigenvalue weighted by molar-refractivity contribution is 5.46. The highest BCUT2D eigenvalue weighted by atomic mass is 19.1. The van der Waals surface area contributed by atoms with Crippen molar-refractivity contribution < 1.29 is 22.6 Å². The predicted molar refractivity (Wildman–Crippen MR) is 163 cm³/mol. The normalized spacial score (nSPS) is 21.0. The van der Waals surface area contributed by atoms with Gasteiger partial charge in [0.2, 0.25) is 0 Å². The van der Waals surface area contributed by atoms with Crippen LogP contribution in [0.5, 0.6) is 11.5 Å². The summed E-state index contributed by atoms with van der Waals surface area (Å²) in [5, 5.41) is 3.41. The van der Waals surface area contributed by atoms with Crippen molar-refractivity contribution in [1.29, 1.82) is 0 Å². The average molecular weight is 593 g/mol. The van der Waals surface area contributed by atoms with Gasteiger partial charge in [0.15, 0.2) is 0 Å². The summed E-state index contributed by atoms with van der Waals surface area (Å²) in [6, 6.07) is 17.4. The lowest BCUT2D eigenvalue weighted by Gasteiger charge is -2.44. The molecule has 1 spiro atoms. The second-order valence-corrected chi connectivity index (χ2v) is 13.4. The van der Waals surface area contributed by atoms with Crippen LogP contribution in [0.3, 0.4) is 0 Å². The summed E-state index contributed by atoms with van der Waals surface area (Å²) in [6.45, 7) is 6.15. The zero-order valence-electron chi connectivity index (χ0n) is 25.3. The lowest BCUT2D eigenvalue weighted by atomic mass is 9.71. The summed E-state index contributed by atoms with van der Waals surface area (Å²) in [7, 11) is 0. The first kappa shape index (κ1) is 30.0. The molecule has 230 valence electrons. The van der Waals surface area contributed by atoms with E-state index in [4.69, 9.17) is 9.47 Å². The van der Waals surface area contributed by atoms with E-state index < -0.39 is 23.3 Å². The molecule has 0 radical (unpaired) electrons. The minimum Gasteiger partial charge on any atom is -0.490 e. The first-order valence-electron chi connectivity index (χ1n) is 15.8. The van der Waals surface area contributed by atoms with Crippen molar-refractivity contribution in [3.8, 4) is 11.5 Å². The fraction of sp³-hybridized carbons (Fsp3) is 0.500. The van der Waals surface area contributed by atoms with Crippen molar-refractivity contribution in [3.05, 3.63) is 94.6 Å². The standard InChI is InChI=1S/C36H43F3N2O2/c1-35(2,39)24-41-17-14-26-18-28(42-21-25-8-4-3-5-9-25)12-13-30(26)34(41)33-31(37)19-29(20-32(33)38)43-27-10-6-15-36(16-7-11-27)22-40-23-36/h3-5,8-9,12-13,18-20,27,34,40H,6-7,10-11,14-17,21-24H2,1-2H3. The van der Waals surface area contributed by atoms with E-state index in [0.29, 0.717) is 30.7 Å². The third-order valence-corrected chi connectivity index (χ3v) is 9.37. The summed E-state index contributed by atoms with van der Waals surface area (Å²) >= 11 is 0. The molecule has 2 fully saturated rings. The molecule has 4 nitrogen and oxygen atoms in total. The lowest BCUT2D eigenvalue weighted by molar-refractivity contribution is 0.0865. The Morgan fingerprint density at radius 3 is 2.26 bits per heavy atom. The van der Waals surface area contributed by atoms with Gasteiger partial charge in [0.25, 0.3) is 0 Å². The van der Waals surface area contributed by atoms with Crippen LogP contribution in [-0.4, -0.2) is 42.9 Å². The average Bonchev–Trinajstić information content (AvgIpc) is 2.93. The number of hydrogen-bond acceptors (Lipinski definition) is 4. The third-order valence-electron chi connectivity index (χ3n) is 9.37. The van der Waals surface area contributed by atoms with Gasteiger partial charge in [-0.3, -0.25) is 4.90 Å². The monoisotopic (exact) mass is 592 g/mol. The van der Waals surface area contributed by atoms with E-state index in [0.717, 1.165) is 55.5 Å². The molecular weight excluding hydrogens is 549 g/mol. The number of rotatable bonds is 8. The Morgan fingerprint density at radius 1 is 0.930 bits per heavy atom. The van der Waals surface area contributed by atoms with Crippen LogP contribution in [0.15, 0.2) is 60.7 Å². The number of fused-ring (bicyclic) bond motifs is 1. The molecule has 1 unspecified atom stereocenters. The maximum atomic E-state index is 16.0. The molecule has 0 bridgehead atoms. The molecule has 2 heterocycles. The van der Waals surface area contributed by atoms with Crippen LogP contribution in [-0.2, 0) is 13.0 Å². The van der Waals surface area contributed by atoms with Gasteiger partial charge in [-0.15, -0.1) is 0 Å². The van der Waals surface area contributed by atoms with Crippen LogP contribution in [0.25, 0.3) is 0 Å². The molecule has 6 rings (SSSR count). The summed E-state index contributed by atoms with van der Waals surface area (Å²) in [6.07, 6.45) is 6.80. The van der Waals surface area contributed by atoms with E-state index >= 15 is 8.78 Å². The number of nitrogens with zero attached hydrogens (tertiary/aromatic N) is 1. The van der Waals surface area contributed by atoms with Crippen LogP contribution in [0, 0.1) is 17.0 Å². The molecule has 3 aromatic rings. The molecule has 1 aliphatic carbocycles. The first-order valence-corrected chi connectivity index (χ1v) is 15.8. The molecule has 0 aromatic heterocycles. The summed E-state index contributed by atoms with van der Waals surface area (Å²) in [4.78, 5) is 1.86. The molecule has 43 heavy (non-hydrogen) atoms. The predicted octanol–water partition coefficient (Wildman–Crippen LogP) is 7.93. The van der Waals surface area contributed by atoms with Crippen LogP contribution in [0.1, 0.15) is 80.7 Å². The molecular formula is C36H43F3N2O2. The van der Waals surface area contributed by atoms with E-state index in [2.05, 4.69) is 5.32 Å². The number of ether oxygens (including phenoxy) is 2. The first-order chi connectivity index (χ1) is 20.7. The Balaban J connectivity index is 1.23. The lowest BCUT2D eigenvalue weighted by Crippen LogP contribution is -2.53. The molecule has 1 atom stereocenters. The minimum absolute atomic E-state index is 0.0522. The maximum absolute atomic E-state index is 16.0. The van der Waals surface area contributed by atoms with Gasteiger partial charge in [0, 0.05) is 43.9 Å². The molecule has 2 aliphatic heterocycles. The molecule has 7 heteroatoms. The second kappa shape index (κ2) is 12.5. The Hall–Kier alpha value is -3.03. The van der Waals surface area contributed by atoms with Gasteiger partial charge in [-0.2, -0.15) is 0 Å². The Bertz CT molecular complexity index is 1370. The van der Waals surface area contributed by atoms with Crippen molar-refractivity contribution in [1.82, 2.24) is 10.2 Å². The quantitative estimate of drug-likeness (QED) is 0.288.